The zero-order chi connectivity index (χ0) is 12.3. The third-order valence-electron chi connectivity index (χ3n) is 2.17. The summed E-state index contributed by atoms with van der Waals surface area (Å²) in [4.78, 5) is 4.29. The Kier molecular flexibility index (Phi) is 4.02. The number of hydrogen-bond donors (Lipinski definition) is 1. The van der Waals surface area contributed by atoms with Crippen molar-refractivity contribution >= 4 is 43.4 Å². The van der Waals surface area contributed by atoms with E-state index in [9.17, 15) is 0 Å². The van der Waals surface area contributed by atoms with Crippen molar-refractivity contribution in [2.45, 2.75) is 0 Å². The molecule has 0 bridgehead atoms. The van der Waals surface area contributed by atoms with E-state index < -0.39 is 0 Å². The quantitative estimate of drug-likeness (QED) is 0.886. The molecular weight excluding hydrogens is 348 g/mol. The van der Waals surface area contributed by atoms with Crippen LogP contribution in [0.5, 0.6) is 5.75 Å². The predicted molar refractivity (Wildman–Crippen MR) is 75.9 cm³/mol. The molecule has 0 fully saturated rings. The van der Waals surface area contributed by atoms with Gasteiger partial charge in [0.25, 0.3) is 0 Å². The highest BCUT2D eigenvalue weighted by molar-refractivity contribution is 9.11. The average Bonchev–Trinajstić information content (AvgIpc) is 2.33. The molecule has 0 aliphatic carbocycles. The van der Waals surface area contributed by atoms with Gasteiger partial charge in [-0.3, -0.25) is 0 Å². The number of halogens is 2. The van der Waals surface area contributed by atoms with E-state index in [0.29, 0.717) is 0 Å². The molecule has 1 heterocycles. The van der Waals surface area contributed by atoms with Gasteiger partial charge in [0.05, 0.1) is 17.3 Å². The van der Waals surface area contributed by atoms with E-state index in [4.69, 9.17) is 4.74 Å². The molecule has 0 spiro atoms. The second-order valence-electron chi connectivity index (χ2n) is 3.31. The molecule has 2 rings (SSSR count). The van der Waals surface area contributed by atoms with E-state index in [2.05, 4.69) is 42.2 Å². The maximum Gasteiger partial charge on any atom is 0.144 e. The molecule has 17 heavy (non-hydrogen) atoms. The number of para-hydroxylation sites is 2. The molecule has 5 heteroatoms. The highest BCUT2D eigenvalue weighted by atomic mass is 79.9. The van der Waals surface area contributed by atoms with Gasteiger partial charge in [0.1, 0.15) is 11.6 Å². The summed E-state index contributed by atoms with van der Waals surface area (Å²) >= 11 is 6.82. The van der Waals surface area contributed by atoms with Gasteiger partial charge in [-0.1, -0.05) is 12.1 Å². The van der Waals surface area contributed by atoms with Crippen LogP contribution in [0.3, 0.4) is 0 Å². The number of ether oxygens (including phenoxy) is 1. The van der Waals surface area contributed by atoms with Gasteiger partial charge in [0.15, 0.2) is 0 Å². The van der Waals surface area contributed by atoms with Crippen LogP contribution in [0.4, 0.5) is 11.5 Å². The number of benzene rings is 1. The summed E-state index contributed by atoms with van der Waals surface area (Å²) in [7, 11) is 1.64. The number of anilines is 2. The van der Waals surface area contributed by atoms with Crippen molar-refractivity contribution in [1.82, 2.24) is 4.98 Å². The molecule has 1 aromatic carbocycles. The summed E-state index contributed by atoms with van der Waals surface area (Å²) in [6.45, 7) is 0. The lowest BCUT2D eigenvalue weighted by atomic mass is 10.3. The molecule has 0 radical (unpaired) electrons. The lowest BCUT2D eigenvalue weighted by Gasteiger charge is -2.11. The van der Waals surface area contributed by atoms with E-state index in [1.54, 1.807) is 13.3 Å². The van der Waals surface area contributed by atoms with Crippen molar-refractivity contribution < 1.29 is 4.74 Å². The van der Waals surface area contributed by atoms with Crippen molar-refractivity contribution in [3.05, 3.63) is 45.5 Å². The van der Waals surface area contributed by atoms with Crippen molar-refractivity contribution in [2.75, 3.05) is 12.4 Å². The van der Waals surface area contributed by atoms with Crippen LogP contribution < -0.4 is 10.1 Å². The standard InChI is InChI=1S/C12H10Br2N2O/c1-17-11-5-3-2-4-10(11)16-12-9(14)6-8(13)7-15-12/h2-7H,1H3,(H,15,16). The predicted octanol–water partition coefficient (Wildman–Crippen LogP) is 4.36. The Morgan fingerprint density at radius 1 is 1.24 bits per heavy atom. The van der Waals surface area contributed by atoms with Crippen LogP contribution in [-0.2, 0) is 0 Å². The molecular formula is C12H10Br2N2O. The third-order valence-corrected chi connectivity index (χ3v) is 3.21. The third kappa shape index (κ3) is 2.98. The molecule has 0 saturated heterocycles. The van der Waals surface area contributed by atoms with Crippen LogP contribution in [0.2, 0.25) is 0 Å². The minimum Gasteiger partial charge on any atom is -0.495 e. The summed E-state index contributed by atoms with van der Waals surface area (Å²) in [6.07, 6.45) is 1.74. The van der Waals surface area contributed by atoms with Gasteiger partial charge < -0.3 is 10.1 Å². The second-order valence-corrected chi connectivity index (χ2v) is 5.08. The largest absolute Gasteiger partial charge is 0.495 e. The monoisotopic (exact) mass is 356 g/mol. The first-order valence-corrected chi connectivity index (χ1v) is 6.50. The molecule has 0 aliphatic rings. The Bertz CT molecular complexity index is 532. The molecule has 1 aromatic heterocycles. The van der Waals surface area contributed by atoms with Gasteiger partial charge in [-0.05, 0) is 50.1 Å². The summed E-state index contributed by atoms with van der Waals surface area (Å²) < 4.78 is 7.08. The molecule has 0 saturated carbocycles. The van der Waals surface area contributed by atoms with Crippen molar-refractivity contribution in [3.63, 3.8) is 0 Å². The van der Waals surface area contributed by atoms with Gasteiger partial charge in [0, 0.05) is 10.7 Å². The van der Waals surface area contributed by atoms with Crippen LogP contribution in [0, 0.1) is 0 Å². The Morgan fingerprint density at radius 3 is 2.71 bits per heavy atom. The Labute approximate surface area is 116 Å². The first kappa shape index (κ1) is 12.4. The molecule has 2 aromatic rings. The number of hydrogen-bond acceptors (Lipinski definition) is 3. The molecule has 0 amide bonds. The fourth-order valence-corrected chi connectivity index (χ4v) is 2.47. The molecule has 0 unspecified atom stereocenters. The number of rotatable bonds is 3. The first-order chi connectivity index (χ1) is 8.20. The second kappa shape index (κ2) is 5.51. The maximum atomic E-state index is 5.27. The Hall–Kier alpha value is -1.07. The van der Waals surface area contributed by atoms with Crippen molar-refractivity contribution in [3.8, 4) is 5.75 Å². The Morgan fingerprint density at radius 2 is 2.00 bits per heavy atom. The van der Waals surface area contributed by atoms with E-state index in [1.165, 1.54) is 0 Å². The van der Waals surface area contributed by atoms with Crippen molar-refractivity contribution in [1.29, 1.82) is 0 Å². The van der Waals surface area contributed by atoms with Gasteiger partial charge in [-0.15, -0.1) is 0 Å². The van der Waals surface area contributed by atoms with E-state index in [-0.39, 0.29) is 0 Å². The van der Waals surface area contributed by atoms with Crippen molar-refractivity contribution in [2.24, 2.45) is 0 Å². The summed E-state index contributed by atoms with van der Waals surface area (Å²) in [5, 5.41) is 3.22. The zero-order valence-electron chi connectivity index (χ0n) is 9.08. The van der Waals surface area contributed by atoms with Gasteiger partial charge in [-0.2, -0.15) is 0 Å². The number of nitrogens with one attached hydrogen (secondary N) is 1. The zero-order valence-corrected chi connectivity index (χ0v) is 12.2. The Balaban J connectivity index is 2.31. The van der Waals surface area contributed by atoms with Gasteiger partial charge in [-0.25, -0.2) is 4.98 Å². The fraction of sp³-hybridized carbons (Fsp3) is 0.0833. The number of nitrogens with zero attached hydrogens (tertiary/aromatic N) is 1. The molecule has 0 atom stereocenters. The van der Waals surface area contributed by atoms with Crippen LogP contribution in [0.15, 0.2) is 45.5 Å². The molecule has 3 nitrogen and oxygen atoms in total. The molecule has 88 valence electrons. The summed E-state index contributed by atoms with van der Waals surface area (Å²) in [5.74, 6) is 1.53. The SMILES string of the molecule is COc1ccccc1Nc1ncc(Br)cc1Br. The highest BCUT2D eigenvalue weighted by Crippen LogP contribution is 2.30. The first-order valence-electron chi connectivity index (χ1n) is 4.92. The minimum atomic E-state index is 0.748. The van der Waals surface area contributed by atoms with E-state index in [0.717, 1.165) is 26.2 Å². The maximum absolute atomic E-state index is 5.27. The number of aromatic nitrogens is 1. The lowest BCUT2D eigenvalue weighted by molar-refractivity contribution is 0.417. The lowest BCUT2D eigenvalue weighted by Crippen LogP contribution is -1.97. The number of methoxy groups -OCH3 is 1. The normalized spacial score (nSPS) is 10.1. The summed E-state index contributed by atoms with van der Waals surface area (Å²) in [6, 6.07) is 9.64. The van der Waals surface area contributed by atoms with Crippen LogP contribution >= 0.6 is 31.9 Å². The molecule has 1 N–H and O–H groups in total. The topological polar surface area (TPSA) is 34.1 Å². The van der Waals surface area contributed by atoms with E-state index >= 15 is 0 Å². The highest BCUT2D eigenvalue weighted by Gasteiger charge is 2.06. The van der Waals surface area contributed by atoms with Gasteiger partial charge >= 0.3 is 0 Å². The summed E-state index contributed by atoms with van der Waals surface area (Å²) in [5.41, 5.74) is 0.880. The average molecular weight is 358 g/mol. The fourth-order valence-electron chi connectivity index (χ4n) is 1.38. The smallest absolute Gasteiger partial charge is 0.144 e. The van der Waals surface area contributed by atoms with E-state index in [1.807, 2.05) is 30.3 Å². The van der Waals surface area contributed by atoms with Gasteiger partial charge in [0.2, 0.25) is 0 Å². The molecule has 0 aliphatic heterocycles. The van der Waals surface area contributed by atoms with Crippen LogP contribution in [0.25, 0.3) is 0 Å². The minimum absolute atomic E-state index is 0.748. The van der Waals surface area contributed by atoms with Crippen LogP contribution in [-0.4, -0.2) is 12.1 Å². The van der Waals surface area contributed by atoms with Crippen LogP contribution in [0.1, 0.15) is 0 Å². The number of pyridine rings is 1.